The van der Waals surface area contributed by atoms with Crippen LogP contribution < -0.4 is 10.6 Å². The van der Waals surface area contributed by atoms with Crippen molar-refractivity contribution in [3.8, 4) is 0 Å². The highest BCUT2D eigenvalue weighted by Crippen LogP contribution is 2.13. The number of ether oxygens (including phenoxy) is 1. The molecular formula is C14H27N3O3. The van der Waals surface area contributed by atoms with Crippen molar-refractivity contribution in [2.75, 3.05) is 13.1 Å². The molecule has 0 bridgehead atoms. The number of carbonyl (C=O) groups excluding carboxylic acids is 2. The van der Waals surface area contributed by atoms with E-state index in [0.717, 1.165) is 0 Å². The fraction of sp³-hybridized carbons (Fsp3) is 0.857. The Hall–Kier alpha value is -1.14. The Labute approximate surface area is 121 Å². The number of carbonyl (C=O) groups is 2. The molecule has 20 heavy (non-hydrogen) atoms. The summed E-state index contributed by atoms with van der Waals surface area (Å²) in [5.74, 6) is -0.284. The van der Waals surface area contributed by atoms with Crippen LogP contribution in [0.1, 0.15) is 41.5 Å². The lowest BCUT2D eigenvalue weighted by Crippen LogP contribution is -2.56. The third-order valence-corrected chi connectivity index (χ3v) is 3.10. The number of urea groups is 1. The second-order valence-electron chi connectivity index (χ2n) is 6.58. The number of nitrogens with one attached hydrogen (secondary N) is 2. The first kappa shape index (κ1) is 16.9. The zero-order valence-electron chi connectivity index (χ0n) is 13.3. The van der Waals surface area contributed by atoms with E-state index in [0.29, 0.717) is 13.1 Å². The molecule has 6 nitrogen and oxygen atoms in total. The summed E-state index contributed by atoms with van der Waals surface area (Å²) in [5, 5.41) is 5.10. The summed E-state index contributed by atoms with van der Waals surface area (Å²) in [6.45, 7) is 12.8. The highest BCUT2D eigenvalue weighted by Gasteiger charge is 2.30. The van der Waals surface area contributed by atoms with Crippen molar-refractivity contribution in [1.29, 1.82) is 0 Å². The van der Waals surface area contributed by atoms with Crippen molar-refractivity contribution in [1.82, 2.24) is 15.5 Å². The highest BCUT2D eigenvalue weighted by molar-refractivity contribution is 5.97. The van der Waals surface area contributed by atoms with Crippen LogP contribution in [-0.2, 0) is 9.53 Å². The molecule has 0 spiro atoms. The van der Waals surface area contributed by atoms with E-state index in [-0.39, 0.29) is 29.7 Å². The largest absolute Gasteiger partial charge is 0.373 e. The van der Waals surface area contributed by atoms with Gasteiger partial charge in [-0.2, -0.15) is 0 Å². The van der Waals surface area contributed by atoms with Gasteiger partial charge < -0.3 is 10.1 Å². The predicted molar refractivity (Wildman–Crippen MR) is 77.5 cm³/mol. The minimum Gasteiger partial charge on any atom is -0.373 e. The Morgan fingerprint density at radius 3 is 2.15 bits per heavy atom. The Bertz CT molecular complexity index is 355. The lowest BCUT2D eigenvalue weighted by atomic mass is 10.1. The number of rotatable bonds is 2. The zero-order valence-corrected chi connectivity index (χ0v) is 13.3. The maximum Gasteiger partial charge on any atom is 0.321 e. The third kappa shape index (κ3) is 5.46. The second-order valence-corrected chi connectivity index (χ2v) is 6.58. The normalized spacial score (nSPS) is 25.9. The lowest BCUT2D eigenvalue weighted by molar-refractivity contribution is -0.130. The van der Waals surface area contributed by atoms with Gasteiger partial charge in [-0.05, 0) is 41.5 Å². The fourth-order valence-corrected chi connectivity index (χ4v) is 2.29. The summed E-state index contributed by atoms with van der Waals surface area (Å²) in [4.78, 5) is 25.8. The van der Waals surface area contributed by atoms with E-state index in [1.54, 1.807) is 0 Å². The first-order chi connectivity index (χ1) is 9.08. The maximum absolute atomic E-state index is 12.1. The molecule has 3 atom stereocenters. The van der Waals surface area contributed by atoms with Crippen LogP contribution in [0.5, 0.6) is 0 Å². The summed E-state index contributed by atoms with van der Waals surface area (Å²) in [5.41, 5.74) is -0.365. The van der Waals surface area contributed by atoms with Crippen molar-refractivity contribution >= 4 is 11.9 Å². The average molecular weight is 285 g/mol. The Balaban J connectivity index is 2.52. The monoisotopic (exact) mass is 285 g/mol. The van der Waals surface area contributed by atoms with Gasteiger partial charge in [0.25, 0.3) is 0 Å². The molecule has 0 aromatic rings. The van der Waals surface area contributed by atoms with Crippen LogP contribution in [0.15, 0.2) is 0 Å². The van der Waals surface area contributed by atoms with Gasteiger partial charge in [0.1, 0.15) is 0 Å². The van der Waals surface area contributed by atoms with Crippen LogP contribution in [0.4, 0.5) is 4.79 Å². The molecule has 1 fully saturated rings. The molecule has 3 amide bonds. The van der Waals surface area contributed by atoms with Crippen molar-refractivity contribution in [2.45, 2.75) is 65.3 Å². The van der Waals surface area contributed by atoms with Crippen molar-refractivity contribution in [2.24, 2.45) is 0 Å². The van der Waals surface area contributed by atoms with Gasteiger partial charge in [0.15, 0.2) is 0 Å². The molecule has 0 unspecified atom stereocenters. The number of imide groups is 1. The van der Waals surface area contributed by atoms with Crippen LogP contribution in [-0.4, -0.2) is 53.7 Å². The zero-order chi connectivity index (χ0) is 15.5. The molecular weight excluding hydrogens is 258 g/mol. The van der Waals surface area contributed by atoms with E-state index in [9.17, 15) is 9.59 Å². The first-order valence-corrected chi connectivity index (χ1v) is 7.11. The molecule has 0 aromatic heterocycles. The van der Waals surface area contributed by atoms with Crippen LogP contribution in [0.3, 0.4) is 0 Å². The molecule has 1 saturated heterocycles. The highest BCUT2D eigenvalue weighted by atomic mass is 16.5. The van der Waals surface area contributed by atoms with Gasteiger partial charge in [0.05, 0.1) is 18.2 Å². The van der Waals surface area contributed by atoms with Crippen LogP contribution in [0, 0.1) is 0 Å². The number of amides is 3. The molecule has 0 aromatic carbocycles. The van der Waals surface area contributed by atoms with E-state index < -0.39 is 6.03 Å². The third-order valence-electron chi connectivity index (χ3n) is 3.10. The van der Waals surface area contributed by atoms with Gasteiger partial charge in [-0.25, -0.2) is 4.79 Å². The molecule has 1 aliphatic heterocycles. The molecule has 0 saturated carbocycles. The SMILES string of the molecule is C[C@H]1CN([C@@H](C)C(=O)NC(=O)NC(C)(C)C)C[C@H](C)O1. The second kappa shape index (κ2) is 6.54. The van der Waals surface area contributed by atoms with Crippen molar-refractivity contribution in [3.05, 3.63) is 0 Å². The summed E-state index contributed by atoms with van der Waals surface area (Å²) in [6.07, 6.45) is 0.190. The lowest BCUT2D eigenvalue weighted by Gasteiger charge is -2.38. The summed E-state index contributed by atoms with van der Waals surface area (Å²) >= 11 is 0. The van der Waals surface area contributed by atoms with E-state index >= 15 is 0 Å². The fourth-order valence-electron chi connectivity index (χ4n) is 2.29. The van der Waals surface area contributed by atoms with Crippen LogP contribution >= 0.6 is 0 Å². The smallest absolute Gasteiger partial charge is 0.321 e. The van der Waals surface area contributed by atoms with Gasteiger partial charge in [0, 0.05) is 18.6 Å². The van der Waals surface area contributed by atoms with Gasteiger partial charge in [-0.3, -0.25) is 15.0 Å². The molecule has 1 rings (SSSR count). The molecule has 1 heterocycles. The molecule has 6 heteroatoms. The average Bonchev–Trinajstić information content (AvgIpc) is 2.23. The predicted octanol–water partition coefficient (Wildman–Crippen LogP) is 1.11. The number of nitrogens with zero attached hydrogens (tertiary/aromatic N) is 1. The van der Waals surface area contributed by atoms with Gasteiger partial charge in [-0.15, -0.1) is 0 Å². The van der Waals surface area contributed by atoms with Gasteiger partial charge >= 0.3 is 6.03 Å². The number of morpholine rings is 1. The molecule has 2 N–H and O–H groups in total. The topological polar surface area (TPSA) is 70.7 Å². The standard InChI is InChI=1S/C14H27N3O3/c1-9-7-17(8-10(2)20-9)11(3)12(18)15-13(19)16-14(4,5)6/h9-11H,7-8H2,1-6H3,(H2,15,16,18,19)/t9-,10-,11-/m0/s1. The van der Waals surface area contributed by atoms with Crippen LogP contribution in [0.2, 0.25) is 0 Å². The number of hydrogen-bond donors (Lipinski definition) is 2. The summed E-state index contributed by atoms with van der Waals surface area (Å²) in [7, 11) is 0. The summed E-state index contributed by atoms with van der Waals surface area (Å²) < 4.78 is 5.64. The minimum absolute atomic E-state index is 0.0948. The van der Waals surface area contributed by atoms with Crippen molar-refractivity contribution in [3.63, 3.8) is 0 Å². The Morgan fingerprint density at radius 1 is 1.20 bits per heavy atom. The molecule has 0 aliphatic carbocycles. The Morgan fingerprint density at radius 2 is 1.70 bits per heavy atom. The molecule has 0 radical (unpaired) electrons. The first-order valence-electron chi connectivity index (χ1n) is 7.11. The summed E-state index contributed by atoms with van der Waals surface area (Å²) in [6, 6.07) is -0.807. The molecule has 116 valence electrons. The Kier molecular flexibility index (Phi) is 5.53. The van der Waals surface area contributed by atoms with E-state index in [4.69, 9.17) is 4.74 Å². The van der Waals surface area contributed by atoms with Gasteiger partial charge in [0.2, 0.25) is 5.91 Å². The number of hydrogen-bond acceptors (Lipinski definition) is 4. The van der Waals surface area contributed by atoms with E-state index in [2.05, 4.69) is 10.6 Å². The van der Waals surface area contributed by atoms with Crippen molar-refractivity contribution < 1.29 is 14.3 Å². The van der Waals surface area contributed by atoms with E-state index in [1.165, 1.54) is 0 Å². The maximum atomic E-state index is 12.1. The van der Waals surface area contributed by atoms with Crippen LogP contribution in [0.25, 0.3) is 0 Å². The van der Waals surface area contributed by atoms with E-state index in [1.807, 2.05) is 46.4 Å². The quantitative estimate of drug-likeness (QED) is 0.797. The van der Waals surface area contributed by atoms with Gasteiger partial charge in [-0.1, -0.05) is 0 Å². The minimum atomic E-state index is -0.455. The molecule has 1 aliphatic rings.